The van der Waals surface area contributed by atoms with Crippen LogP contribution in [-0.4, -0.2) is 23.9 Å². The van der Waals surface area contributed by atoms with E-state index in [0.717, 1.165) is 11.3 Å². The number of aromatic nitrogens is 1. The van der Waals surface area contributed by atoms with Gasteiger partial charge in [0.15, 0.2) is 0 Å². The first-order valence-electron chi connectivity index (χ1n) is 8.21. The molecule has 130 valence electrons. The van der Waals surface area contributed by atoms with Gasteiger partial charge in [0.2, 0.25) is 11.8 Å². The minimum absolute atomic E-state index is 0.109. The van der Waals surface area contributed by atoms with Crippen molar-refractivity contribution < 1.29 is 14.3 Å². The van der Waals surface area contributed by atoms with Crippen LogP contribution in [0.2, 0.25) is 0 Å². The van der Waals surface area contributed by atoms with E-state index >= 15 is 0 Å². The lowest BCUT2D eigenvalue weighted by Crippen LogP contribution is -2.27. The maximum atomic E-state index is 12.4. The number of hydrogen-bond acceptors (Lipinski definition) is 4. The molecule has 0 bridgehead atoms. The minimum atomic E-state index is -0.297. The molecule has 2 atom stereocenters. The Bertz CT molecular complexity index is 777. The van der Waals surface area contributed by atoms with Gasteiger partial charge in [0.25, 0.3) is 0 Å². The summed E-state index contributed by atoms with van der Waals surface area (Å²) in [6.45, 7) is 2.32. The number of carbonyl (C=O) groups is 2. The van der Waals surface area contributed by atoms with Crippen LogP contribution in [0.4, 0.5) is 5.69 Å². The highest BCUT2D eigenvalue weighted by atomic mass is 16.5. The normalized spacial score (nSPS) is 18.3. The number of aryl methyl sites for hydroxylation is 1. The average molecular weight is 339 g/mol. The summed E-state index contributed by atoms with van der Waals surface area (Å²) in [6.07, 6.45) is 2.25. The molecule has 2 aromatic rings. The molecule has 0 spiro atoms. The van der Waals surface area contributed by atoms with Crippen molar-refractivity contribution in [1.82, 2.24) is 10.3 Å². The van der Waals surface area contributed by atoms with E-state index < -0.39 is 0 Å². The van der Waals surface area contributed by atoms with Crippen molar-refractivity contribution >= 4 is 17.5 Å². The standard InChI is InChI=1S/C19H21N3O3/c1-12-6-7-17(25-2)16(9-12)22-19(24)15-10-14(15)18(23)21-11-13-5-3-4-8-20-13/h3-9,14-15H,10-11H2,1-2H3,(H,21,23)(H,22,24). The average Bonchev–Trinajstić information content (AvgIpc) is 3.42. The molecule has 6 nitrogen and oxygen atoms in total. The number of amides is 2. The summed E-state index contributed by atoms with van der Waals surface area (Å²) in [7, 11) is 1.56. The largest absolute Gasteiger partial charge is 0.495 e. The Kier molecular flexibility index (Phi) is 4.97. The predicted molar refractivity (Wildman–Crippen MR) is 94.0 cm³/mol. The Labute approximate surface area is 146 Å². The quantitative estimate of drug-likeness (QED) is 0.846. The number of pyridine rings is 1. The van der Waals surface area contributed by atoms with Crippen LogP contribution in [0.1, 0.15) is 17.7 Å². The van der Waals surface area contributed by atoms with Gasteiger partial charge in [-0.1, -0.05) is 12.1 Å². The van der Waals surface area contributed by atoms with E-state index in [0.29, 0.717) is 24.4 Å². The third-order valence-corrected chi connectivity index (χ3v) is 4.25. The van der Waals surface area contributed by atoms with Crippen LogP contribution in [0, 0.1) is 18.8 Å². The van der Waals surface area contributed by atoms with Crippen molar-refractivity contribution in [3.05, 3.63) is 53.9 Å². The summed E-state index contributed by atoms with van der Waals surface area (Å²) in [5, 5.41) is 5.70. The molecule has 0 saturated heterocycles. The summed E-state index contributed by atoms with van der Waals surface area (Å²) in [5.41, 5.74) is 2.45. The molecule has 2 amide bonds. The number of hydrogen-bond donors (Lipinski definition) is 2. The van der Waals surface area contributed by atoms with Gasteiger partial charge >= 0.3 is 0 Å². The Morgan fingerprint density at radius 1 is 1.20 bits per heavy atom. The fourth-order valence-corrected chi connectivity index (χ4v) is 2.73. The van der Waals surface area contributed by atoms with Crippen molar-refractivity contribution in [2.24, 2.45) is 11.8 Å². The highest BCUT2D eigenvalue weighted by molar-refractivity contribution is 6.00. The van der Waals surface area contributed by atoms with E-state index in [1.807, 2.05) is 43.3 Å². The minimum Gasteiger partial charge on any atom is -0.495 e. The van der Waals surface area contributed by atoms with Gasteiger partial charge in [0.05, 0.1) is 36.9 Å². The van der Waals surface area contributed by atoms with Gasteiger partial charge < -0.3 is 15.4 Å². The van der Waals surface area contributed by atoms with E-state index in [4.69, 9.17) is 4.74 Å². The van der Waals surface area contributed by atoms with Gasteiger partial charge in [-0.15, -0.1) is 0 Å². The number of benzene rings is 1. The summed E-state index contributed by atoms with van der Waals surface area (Å²) in [4.78, 5) is 28.7. The molecular formula is C19H21N3O3. The highest BCUT2D eigenvalue weighted by Crippen LogP contribution is 2.40. The van der Waals surface area contributed by atoms with Crippen LogP contribution < -0.4 is 15.4 Å². The predicted octanol–water partition coefficient (Wildman–Crippen LogP) is 2.29. The van der Waals surface area contributed by atoms with Crippen molar-refractivity contribution in [2.75, 3.05) is 12.4 Å². The summed E-state index contributed by atoms with van der Waals surface area (Å²) < 4.78 is 5.26. The molecule has 2 unspecified atom stereocenters. The second-order valence-corrected chi connectivity index (χ2v) is 6.18. The van der Waals surface area contributed by atoms with Crippen LogP contribution in [0.15, 0.2) is 42.6 Å². The van der Waals surface area contributed by atoms with Gasteiger partial charge in [-0.25, -0.2) is 0 Å². The topological polar surface area (TPSA) is 80.3 Å². The molecule has 1 aliphatic carbocycles. The molecule has 1 aliphatic rings. The number of ether oxygens (including phenoxy) is 1. The fourth-order valence-electron chi connectivity index (χ4n) is 2.73. The van der Waals surface area contributed by atoms with E-state index in [1.54, 1.807) is 13.3 Å². The number of anilines is 1. The summed E-state index contributed by atoms with van der Waals surface area (Å²) >= 11 is 0. The SMILES string of the molecule is COc1ccc(C)cc1NC(=O)C1CC1C(=O)NCc1ccccn1. The monoisotopic (exact) mass is 339 g/mol. The maximum absolute atomic E-state index is 12.4. The number of rotatable bonds is 6. The molecule has 1 saturated carbocycles. The van der Waals surface area contributed by atoms with E-state index in [2.05, 4.69) is 15.6 Å². The first-order valence-corrected chi connectivity index (χ1v) is 8.21. The van der Waals surface area contributed by atoms with Gasteiger partial charge in [0.1, 0.15) is 5.75 Å². The van der Waals surface area contributed by atoms with Crippen molar-refractivity contribution in [3.8, 4) is 5.75 Å². The molecule has 1 aromatic heterocycles. The smallest absolute Gasteiger partial charge is 0.228 e. The van der Waals surface area contributed by atoms with Gasteiger partial charge in [-0.05, 0) is 43.2 Å². The van der Waals surface area contributed by atoms with Crippen molar-refractivity contribution in [3.63, 3.8) is 0 Å². The second-order valence-electron chi connectivity index (χ2n) is 6.18. The number of nitrogens with zero attached hydrogens (tertiary/aromatic N) is 1. The van der Waals surface area contributed by atoms with Crippen LogP contribution in [0.3, 0.4) is 0 Å². The zero-order valence-corrected chi connectivity index (χ0v) is 14.3. The third kappa shape index (κ3) is 4.15. The zero-order chi connectivity index (χ0) is 17.8. The molecule has 6 heteroatoms. The molecule has 25 heavy (non-hydrogen) atoms. The lowest BCUT2D eigenvalue weighted by molar-refractivity contribution is -0.125. The molecule has 0 aliphatic heterocycles. The molecular weight excluding hydrogens is 318 g/mol. The molecule has 1 aromatic carbocycles. The molecule has 1 heterocycles. The van der Waals surface area contributed by atoms with Gasteiger partial charge in [0, 0.05) is 6.20 Å². The zero-order valence-electron chi connectivity index (χ0n) is 14.3. The van der Waals surface area contributed by atoms with Crippen LogP contribution in [0.5, 0.6) is 5.75 Å². The van der Waals surface area contributed by atoms with Crippen LogP contribution in [-0.2, 0) is 16.1 Å². The van der Waals surface area contributed by atoms with Crippen molar-refractivity contribution in [2.45, 2.75) is 19.9 Å². The summed E-state index contributed by atoms with van der Waals surface area (Å²) in [6, 6.07) is 11.1. The van der Waals surface area contributed by atoms with Gasteiger partial charge in [-0.2, -0.15) is 0 Å². The van der Waals surface area contributed by atoms with E-state index in [9.17, 15) is 9.59 Å². The van der Waals surface area contributed by atoms with Crippen LogP contribution >= 0.6 is 0 Å². The molecule has 3 rings (SSSR count). The third-order valence-electron chi connectivity index (χ3n) is 4.25. The second kappa shape index (κ2) is 7.34. The lowest BCUT2D eigenvalue weighted by Gasteiger charge is -2.11. The Balaban J connectivity index is 1.53. The van der Waals surface area contributed by atoms with Gasteiger partial charge in [-0.3, -0.25) is 14.6 Å². The first-order chi connectivity index (χ1) is 12.1. The Morgan fingerprint density at radius 2 is 2.00 bits per heavy atom. The maximum Gasteiger partial charge on any atom is 0.228 e. The van der Waals surface area contributed by atoms with E-state index in [1.165, 1.54) is 0 Å². The number of methoxy groups -OCH3 is 1. The fraction of sp³-hybridized carbons (Fsp3) is 0.316. The number of carbonyl (C=O) groups excluding carboxylic acids is 2. The lowest BCUT2D eigenvalue weighted by atomic mass is 10.2. The first kappa shape index (κ1) is 17.0. The Hall–Kier alpha value is -2.89. The highest BCUT2D eigenvalue weighted by Gasteiger charge is 2.48. The molecule has 0 radical (unpaired) electrons. The summed E-state index contributed by atoms with van der Waals surface area (Å²) in [5.74, 6) is -0.229. The molecule has 2 N–H and O–H groups in total. The Morgan fingerprint density at radius 3 is 2.72 bits per heavy atom. The molecule has 1 fully saturated rings. The van der Waals surface area contributed by atoms with E-state index in [-0.39, 0.29) is 23.7 Å². The van der Waals surface area contributed by atoms with Crippen LogP contribution in [0.25, 0.3) is 0 Å². The number of nitrogens with one attached hydrogen (secondary N) is 2. The van der Waals surface area contributed by atoms with Crippen molar-refractivity contribution in [1.29, 1.82) is 0 Å².